The van der Waals surface area contributed by atoms with Crippen molar-refractivity contribution in [3.05, 3.63) is 53.1 Å². The molecule has 1 aliphatic carbocycles. The molecule has 1 fully saturated rings. The molecule has 0 radical (unpaired) electrons. The number of hydrogen-bond donors (Lipinski definition) is 3. The van der Waals surface area contributed by atoms with Gasteiger partial charge in [-0.3, -0.25) is 4.79 Å². The number of para-hydroxylation sites is 1. The lowest BCUT2D eigenvalue weighted by molar-refractivity contribution is -0.136. The van der Waals surface area contributed by atoms with Gasteiger partial charge in [0.25, 0.3) is 0 Å². The van der Waals surface area contributed by atoms with Gasteiger partial charge in [-0.15, -0.1) is 0 Å². The Balaban J connectivity index is 0.00000216. The van der Waals surface area contributed by atoms with Crippen LogP contribution < -0.4 is 4.72 Å². The van der Waals surface area contributed by atoms with Gasteiger partial charge in [-0.05, 0) is 48.1 Å². The van der Waals surface area contributed by atoms with Crippen LogP contribution in [0.25, 0.3) is 22.2 Å². The molecule has 3 aromatic rings. The van der Waals surface area contributed by atoms with Crippen molar-refractivity contribution in [2.24, 2.45) is 5.92 Å². The number of carbonyl (C=O) groups is 1. The maximum absolute atomic E-state index is 13.2. The molecule has 1 heterocycles. The summed E-state index contributed by atoms with van der Waals surface area (Å²) in [5.41, 5.74) is 2.58. The second kappa shape index (κ2) is 12.6. The van der Waals surface area contributed by atoms with Crippen LogP contribution in [0.4, 0.5) is 0 Å². The van der Waals surface area contributed by atoms with E-state index >= 15 is 0 Å². The van der Waals surface area contributed by atoms with Gasteiger partial charge >= 0.3 is 5.97 Å². The maximum Gasteiger partial charge on any atom is 0.307 e. The summed E-state index contributed by atoms with van der Waals surface area (Å²) in [7, 11) is -3.82. The van der Waals surface area contributed by atoms with Crippen molar-refractivity contribution in [2.75, 3.05) is 6.54 Å². The second-order valence-electron chi connectivity index (χ2n) is 8.80. The molecule has 2 aromatic carbocycles. The predicted octanol–water partition coefficient (Wildman–Crippen LogP) is 7.03. The topological polar surface area (TPSA) is 99.3 Å². The first kappa shape index (κ1) is 28.9. The van der Waals surface area contributed by atoms with Gasteiger partial charge < -0.3 is 10.1 Å². The van der Waals surface area contributed by atoms with E-state index in [1.807, 2.05) is 24.3 Å². The molecule has 0 bridgehead atoms. The third kappa shape index (κ3) is 6.87. The summed E-state index contributed by atoms with van der Waals surface area (Å²) < 4.78 is 29.1. The summed E-state index contributed by atoms with van der Waals surface area (Å²) in [6.45, 7) is 0.402. The van der Waals surface area contributed by atoms with Gasteiger partial charge in [0.1, 0.15) is 4.90 Å². The second-order valence-corrected chi connectivity index (χ2v) is 10.9. The average molecular weight is 521 g/mol. The molecular weight excluding hydrogens is 484 g/mol. The van der Waals surface area contributed by atoms with Crippen molar-refractivity contribution in [1.82, 2.24) is 9.71 Å². The number of fused-ring (bicyclic) bond motifs is 1. The lowest BCUT2D eigenvalue weighted by atomic mass is 9.91. The number of nitrogens with one attached hydrogen (secondary N) is 2. The van der Waals surface area contributed by atoms with E-state index in [0.717, 1.165) is 36.6 Å². The van der Waals surface area contributed by atoms with E-state index in [1.54, 1.807) is 12.1 Å². The lowest BCUT2D eigenvalue weighted by Crippen LogP contribution is -2.30. The minimum absolute atomic E-state index is 0. The van der Waals surface area contributed by atoms with Gasteiger partial charge in [-0.2, -0.15) is 0 Å². The Morgan fingerprint density at radius 2 is 1.69 bits per heavy atom. The Morgan fingerprint density at radius 1 is 1.03 bits per heavy atom. The van der Waals surface area contributed by atoms with E-state index in [0.29, 0.717) is 29.3 Å². The minimum atomic E-state index is -3.82. The van der Waals surface area contributed by atoms with Crippen LogP contribution in [0.2, 0.25) is 5.02 Å². The molecule has 4 rings (SSSR count). The van der Waals surface area contributed by atoms with Crippen LogP contribution in [0.1, 0.15) is 65.4 Å². The summed E-state index contributed by atoms with van der Waals surface area (Å²) in [6, 6.07) is 12.2. The molecule has 1 saturated carbocycles. The number of hydrogen-bond acceptors (Lipinski definition) is 3. The normalized spacial score (nSPS) is 15.0. The first-order valence-electron chi connectivity index (χ1n) is 11.5. The Hall–Kier alpha value is -2.35. The number of rotatable bonds is 7. The largest absolute Gasteiger partial charge is 0.481 e. The van der Waals surface area contributed by atoms with Gasteiger partial charge in [-0.1, -0.05) is 82.8 Å². The molecule has 35 heavy (non-hydrogen) atoms. The highest BCUT2D eigenvalue weighted by Gasteiger charge is 2.23. The van der Waals surface area contributed by atoms with Crippen LogP contribution in [0.5, 0.6) is 0 Å². The van der Waals surface area contributed by atoms with Crippen molar-refractivity contribution in [1.29, 1.82) is 0 Å². The van der Waals surface area contributed by atoms with E-state index < -0.39 is 16.0 Å². The number of carboxylic acids is 1. The Kier molecular flexibility index (Phi) is 10.4. The van der Waals surface area contributed by atoms with Crippen molar-refractivity contribution in [3.8, 4) is 11.3 Å². The van der Waals surface area contributed by atoms with Crippen molar-refractivity contribution < 1.29 is 18.3 Å². The maximum atomic E-state index is 13.2. The van der Waals surface area contributed by atoms with Crippen LogP contribution in [0.3, 0.4) is 0 Å². The predicted molar refractivity (Wildman–Crippen MR) is 145 cm³/mol. The lowest BCUT2D eigenvalue weighted by Gasteiger charge is -2.20. The van der Waals surface area contributed by atoms with Crippen LogP contribution in [-0.4, -0.2) is 31.0 Å². The van der Waals surface area contributed by atoms with E-state index in [4.69, 9.17) is 11.6 Å². The summed E-state index contributed by atoms with van der Waals surface area (Å²) >= 11 is 6.32. The number of carboxylic acid groups (broad SMARTS) is 1. The zero-order valence-corrected chi connectivity index (χ0v) is 20.0. The summed E-state index contributed by atoms with van der Waals surface area (Å²) in [5.74, 6) is -0.624. The average Bonchev–Trinajstić information content (AvgIpc) is 3.11. The Bertz CT molecular complexity index is 1250. The summed E-state index contributed by atoms with van der Waals surface area (Å²) in [5, 5.41) is 10.4. The molecule has 3 N–H and O–H groups in total. The van der Waals surface area contributed by atoms with E-state index in [-0.39, 0.29) is 31.2 Å². The van der Waals surface area contributed by atoms with E-state index in [9.17, 15) is 18.3 Å². The molecule has 0 spiro atoms. The van der Waals surface area contributed by atoms with Crippen LogP contribution in [0.15, 0.2) is 47.4 Å². The van der Waals surface area contributed by atoms with Crippen molar-refractivity contribution in [2.45, 2.75) is 71.1 Å². The molecule has 1 aliphatic rings. The van der Waals surface area contributed by atoms with Crippen LogP contribution >= 0.6 is 11.6 Å². The highest BCUT2D eigenvalue weighted by Crippen LogP contribution is 2.34. The number of benzene rings is 2. The molecule has 0 unspecified atom stereocenters. The van der Waals surface area contributed by atoms with Crippen LogP contribution in [-0.2, 0) is 21.2 Å². The van der Waals surface area contributed by atoms with Gasteiger partial charge in [0, 0.05) is 17.4 Å². The molecule has 0 atom stereocenters. The molecular formula is C27H37ClN2O4S. The number of sulfonamides is 1. The highest BCUT2D eigenvalue weighted by molar-refractivity contribution is 7.89. The van der Waals surface area contributed by atoms with Gasteiger partial charge in [-0.25, -0.2) is 13.1 Å². The first-order chi connectivity index (χ1) is 15.8. The molecule has 0 amide bonds. The molecule has 1 aromatic heterocycles. The van der Waals surface area contributed by atoms with Gasteiger partial charge in [0.15, 0.2) is 0 Å². The number of aromatic amines is 1. The Morgan fingerprint density at radius 3 is 2.37 bits per heavy atom. The van der Waals surface area contributed by atoms with Crippen molar-refractivity contribution >= 4 is 38.5 Å². The monoisotopic (exact) mass is 520 g/mol. The molecule has 0 aliphatic heterocycles. The number of aromatic nitrogens is 1. The number of H-pyrrole nitrogens is 1. The molecule has 6 nitrogen and oxygen atoms in total. The fraction of sp³-hybridized carbons (Fsp3) is 0.444. The standard InChI is InChI=1S/C25H29ClN2O4S.2CH4/c26-21-13-12-18(25-20(15-24(29)30)19-10-6-7-11-22(19)28-25)14-23(21)33(31,32)27-16-17-8-4-2-1-3-5-9-17;;/h6-7,10-14,17,27-28H,1-5,8-9,15-16H2,(H,29,30);2*1H4. The third-order valence-electron chi connectivity index (χ3n) is 6.44. The highest BCUT2D eigenvalue weighted by atomic mass is 35.5. The molecule has 8 heteroatoms. The van der Waals surface area contributed by atoms with Gasteiger partial charge in [0.05, 0.1) is 17.1 Å². The fourth-order valence-corrected chi connectivity index (χ4v) is 6.34. The SMILES string of the molecule is C.C.O=C(O)Cc1c(-c2ccc(Cl)c(S(=O)(=O)NCC3CCCCCCC3)c2)[nH]c2ccccc12. The van der Waals surface area contributed by atoms with Crippen molar-refractivity contribution in [3.63, 3.8) is 0 Å². The Labute approximate surface area is 214 Å². The molecule has 192 valence electrons. The number of halogens is 1. The zero-order chi connectivity index (χ0) is 23.4. The van der Waals surface area contributed by atoms with E-state index in [2.05, 4.69) is 9.71 Å². The van der Waals surface area contributed by atoms with Gasteiger partial charge in [0.2, 0.25) is 10.0 Å². The zero-order valence-electron chi connectivity index (χ0n) is 18.4. The fourth-order valence-electron chi connectivity index (χ4n) is 4.70. The smallest absolute Gasteiger partial charge is 0.307 e. The minimum Gasteiger partial charge on any atom is -0.481 e. The quantitative estimate of drug-likeness (QED) is 0.311. The summed E-state index contributed by atoms with van der Waals surface area (Å²) in [6.07, 6.45) is 7.83. The summed E-state index contributed by atoms with van der Waals surface area (Å²) in [4.78, 5) is 14.8. The first-order valence-corrected chi connectivity index (χ1v) is 13.3. The molecule has 0 saturated heterocycles. The third-order valence-corrected chi connectivity index (χ3v) is 8.34. The van der Waals surface area contributed by atoms with Crippen LogP contribution in [0, 0.1) is 5.92 Å². The number of aliphatic carboxylic acids is 1. The van der Waals surface area contributed by atoms with E-state index in [1.165, 1.54) is 25.3 Å².